The molecular weight excluding hydrogens is 697 g/mol. The Kier molecular flexibility index (Phi) is 10.7. The number of aromatic carboxylic acids is 1. The van der Waals surface area contributed by atoms with Crippen LogP contribution in [0.5, 0.6) is 0 Å². The van der Waals surface area contributed by atoms with E-state index in [1.54, 1.807) is 70.3 Å². The molecule has 55 heavy (non-hydrogen) atoms. The number of nitrogens with zero attached hydrogens (tertiary/aromatic N) is 8. The Morgan fingerprint density at radius 3 is 1.65 bits per heavy atom. The standard InChI is InChI=1S/C41H38N10O4/c1-3-5-23-50-46-37(44-48-50)33-22-17-28(25-36(33)38-45-49-51(47-38)24-6-4-2)39(52)42-29-18-13-26(14-19-29)27-15-20-30(21-16-27)43-40(53)34-11-7-10-32-31(34)9-8-12-35(32)41(54)55/h7-22,25H,3-6,23-24H2,1-2H3,(H,42,52)(H,43,53)(H,54,55). The van der Waals surface area contributed by atoms with Gasteiger partial charge < -0.3 is 15.7 Å². The second-order valence-corrected chi connectivity index (χ2v) is 13.0. The summed E-state index contributed by atoms with van der Waals surface area (Å²) in [6.45, 7) is 5.48. The van der Waals surface area contributed by atoms with Crippen LogP contribution in [0.1, 0.15) is 70.6 Å². The molecule has 0 saturated heterocycles. The Morgan fingerprint density at radius 2 is 1.11 bits per heavy atom. The lowest BCUT2D eigenvalue weighted by atomic mass is 9.99. The van der Waals surface area contributed by atoms with E-state index >= 15 is 0 Å². The molecule has 3 N–H and O–H groups in total. The van der Waals surface area contributed by atoms with Crippen LogP contribution in [-0.4, -0.2) is 63.3 Å². The minimum absolute atomic E-state index is 0.139. The van der Waals surface area contributed by atoms with Gasteiger partial charge in [-0.1, -0.05) is 75.2 Å². The molecule has 14 heteroatoms. The number of anilines is 2. The summed E-state index contributed by atoms with van der Waals surface area (Å²) in [7, 11) is 0. The Morgan fingerprint density at radius 1 is 0.600 bits per heavy atom. The SMILES string of the molecule is CCCCn1nnc(-c2ccc(C(=O)Nc3ccc(-c4ccc(NC(=O)c5cccc6c(C(=O)O)cccc56)cc4)cc3)cc2-c2nnn(CCCC)n2)n1. The molecule has 5 aromatic carbocycles. The van der Waals surface area contributed by atoms with Crippen LogP contribution in [-0.2, 0) is 13.1 Å². The number of unbranched alkanes of at least 4 members (excludes halogenated alkanes) is 2. The van der Waals surface area contributed by atoms with Gasteiger partial charge in [0.25, 0.3) is 11.8 Å². The molecule has 0 aliphatic rings. The zero-order valence-electron chi connectivity index (χ0n) is 30.3. The molecule has 276 valence electrons. The molecule has 0 aliphatic carbocycles. The maximum absolute atomic E-state index is 13.5. The van der Waals surface area contributed by atoms with Crippen molar-refractivity contribution in [2.45, 2.75) is 52.6 Å². The molecule has 0 aliphatic heterocycles. The summed E-state index contributed by atoms with van der Waals surface area (Å²) in [4.78, 5) is 41.6. The van der Waals surface area contributed by atoms with Crippen LogP contribution in [0.15, 0.2) is 103 Å². The topological polar surface area (TPSA) is 183 Å². The third kappa shape index (κ3) is 8.13. The van der Waals surface area contributed by atoms with Crippen LogP contribution in [0, 0.1) is 0 Å². The molecule has 14 nitrogen and oxygen atoms in total. The third-order valence-electron chi connectivity index (χ3n) is 9.11. The van der Waals surface area contributed by atoms with Crippen molar-refractivity contribution >= 4 is 39.9 Å². The van der Waals surface area contributed by atoms with Crippen molar-refractivity contribution in [3.8, 4) is 33.9 Å². The minimum Gasteiger partial charge on any atom is -0.478 e. The maximum Gasteiger partial charge on any atom is 0.336 e. The number of carboxylic acids is 1. The van der Waals surface area contributed by atoms with Gasteiger partial charge in [0.15, 0.2) is 0 Å². The molecule has 2 heterocycles. The number of aromatic nitrogens is 8. The zero-order chi connectivity index (χ0) is 38.3. The lowest BCUT2D eigenvalue weighted by Crippen LogP contribution is -2.12. The molecule has 2 amide bonds. The number of hydrogen-bond donors (Lipinski definition) is 3. The fraction of sp³-hybridized carbons (Fsp3) is 0.195. The van der Waals surface area contributed by atoms with Crippen molar-refractivity contribution in [2.75, 3.05) is 10.6 Å². The average molecular weight is 735 g/mol. The zero-order valence-corrected chi connectivity index (χ0v) is 30.3. The van der Waals surface area contributed by atoms with Gasteiger partial charge in [0.05, 0.1) is 18.7 Å². The number of carboxylic acid groups (broad SMARTS) is 1. The van der Waals surface area contributed by atoms with Gasteiger partial charge in [0.2, 0.25) is 11.6 Å². The van der Waals surface area contributed by atoms with Gasteiger partial charge in [-0.25, -0.2) is 4.79 Å². The molecule has 0 saturated carbocycles. The van der Waals surface area contributed by atoms with Crippen molar-refractivity contribution in [3.63, 3.8) is 0 Å². The predicted molar refractivity (Wildman–Crippen MR) is 209 cm³/mol. The summed E-state index contributed by atoms with van der Waals surface area (Å²) in [6.07, 6.45) is 3.83. The number of nitrogens with one attached hydrogen (secondary N) is 2. The highest BCUT2D eigenvalue weighted by atomic mass is 16.4. The largest absolute Gasteiger partial charge is 0.478 e. The van der Waals surface area contributed by atoms with Crippen LogP contribution in [0.2, 0.25) is 0 Å². The predicted octanol–water partition coefficient (Wildman–Crippen LogP) is 7.62. The van der Waals surface area contributed by atoms with Crippen LogP contribution in [0.25, 0.3) is 44.7 Å². The highest BCUT2D eigenvalue weighted by Crippen LogP contribution is 2.30. The second kappa shape index (κ2) is 16.3. The number of carbonyl (C=O) groups excluding carboxylic acids is 2. The summed E-state index contributed by atoms with van der Waals surface area (Å²) >= 11 is 0. The van der Waals surface area contributed by atoms with E-state index in [1.165, 1.54) is 6.07 Å². The van der Waals surface area contributed by atoms with Gasteiger partial charge in [0, 0.05) is 33.6 Å². The molecule has 7 aromatic rings. The monoisotopic (exact) mass is 734 g/mol. The summed E-state index contributed by atoms with van der Waals surface area (Å²) in [6, 6.07) is 30.0. The first-order chi connectivity index (χ1) is 26.8. The number of fused-ring (bicyclic) bond motifs is 1. The highest BCUT2D eigenvalue weighted by Gasteiger charge is 2.20. The van der Waals surface area contributed by atoms with Gasteiger partial charge in [-0.15, -0.1) is 20.4 Å². The molecule has 0 atom stereocenters. The number of hydrogen-bond acceptors (Lipinski definition) is 9. The van der Waals surface area contributed by atoms with E-state index in [2.05, 4.69) is 55.3 Å². The van der Waals surface area contributed by atoms with E-state index in [4.69, 9.17) is 0 Å². The van der Waals surface area contributed by atoms with E-state index in [-0.39, 0.29) is 17.4 Å². The molecule has 0 spiro atoms. The smallest absolute Gasteiger partial charge is 0.336 e. The van der Waals surface area contributed by atoms with Gasteiger partial charge in [-0.3, -0.25) is 9.59 Å². The molecule has 0 fully saturated rings. The van der Waals surface area contributed by atoms with Crippen LogP contribution in [0.3, 0.4) is 0 Å². The van der Waals surface area contributed by atoms with Gasteiger partial charge in [-0.05, 0) is 99.8 Å². The average Bonchev–Trinajstić information content (AvgIpc) is 3.89. The molecule has 0 radical (unpaired) electrons. The molecule has 2 aromatic heterocycles. The van der Waals surface area contributed by atoms with Crippen LogP contribution in [0.4, 0.5) is 11.4 Å². The summed E-state index contributed by atoms with van der Waals surface area (Å²) in [5.41, 5.74) is 5.15. The highest BCUT2D eigenvalue weighted by molar-refractivity contribution is 6.16. The second-order valence-electron chi connectivity index (χ2n) is 13.0. The maximum atomic E-state index is 13.5. The Labute approximate surface area is 316 Å². The van der Waals surface area contributed by atoms with E-state index in [9.17, 15) is 19.5 Å². The Balaban J connectivity index is 1.05. The molecular formula is C41H38N10O4. The Hall–Kier alpha value is -7.09. The van der Waals surface area contributed by atoms with Gasteiger partial charge >= 0.3 is 5.97 Å². The first-order valence-corrected chi connectivity index (χ1v) is 18.1. The number of rotatable bonds is 14. The summed E-state index contributed by atoms with van der Waals surface area (Å²) < 4.78 is 0. The number of amides is 2. The van der Waals surface area contributed by atoms with E-state index in [1.807, 2.05) is 36.4 Å². The summed E-state index contributed by atoms with van der Waals surface area (Å²) in [5.74, 6) is -0.934. The third-order valence-corrected chi connectivity index (χ3v) is 9.11. The van der Waals surface area contributed by atoms with Crippen molar-refractivity contribution < 1.29 is 19.5 Å². The van der Waals surface area contributed by atoms with Crippen molar-refractivity contribution in [3.05, 3.63) is 120 Å². The normalized spacial score (nSPS) is 11.1. The van der Waals surface area contributed by atoms with E-state index in [0.717, 1.165) is 36.8 Å². The van der Waals surface area contributed by atoms with E-state index < -0.39 is 5.97 Å². The summed E-state index contributed by atoms with van der Waals surface area (Å²) in [5, 5.41) is 42.6. The first kappa shape index (κ1) is 36.3. The number of aryl methyl sites for hydroxylation is 2. The first-order valence-electron chi connectivity index (χ1n) is 18.1. The van der Waals surface area contributed by atoms with Crippen LogP contribution < -0.4 is 10.6 Å². The number of carbonyl (C=O) groups is 3. The fourth-order valence-electron chi connectivity index (χ4n) is 6.14. The van der Waals surface area contributed by atoms with Gasteiger partial charge in [0.1, 0.15) is 0 Å². The van der Waals surface area contributed by atoms with Crippen molar-refractivity contribution in [2.24, 2.45) is 0 Å². The Bertz CT molecular complexity index is 2490. The van der Waals surface area contributed by atoms with Crippen molar-refractivity contribution in [1.82, 2.24) is 40.4 Å². The lowest BCUT2D eigenvalue weighted by molar-refractivity contribution is 0.0698. The van der Waals surface area contributed by atoms with Crippen molar-refractivity contribution in [1.29, 1.82) is 0 Å². The minimum atomic E-state index is -1.05. The molecule has 7 rings (SSSR count). The lowest BCUT2D eigenvalue weighted by Gasteiger charge is -2.11. The molecule has 0 bridgehead atoms. The van der Waals surface area contributed by atoms with E-state index in [0.29, 0.717) is 69.1 Å². The van der Waals surface area contributed by atoms with Crippen LogP contribution >= 0.6 is 0 Å². The number of benzene rings is 5. The number of tetrazole rings is 2. The molecule has 0 unspecified atom stereocenters. The van der Waals surface area contributed by atoms with Gasteiger partial charge in [-0.2, -0.15) is 9.59 Å². The fourth-order valence-corrected chi connectivity index (χ4v) is 6.14. The quantitative estimate of drug-likeness (QED) is 0.101.